The van der Waals surface area contributed by atoms with Crippen molar-refractivity contribution in [1.82, 2.24) is 29.3 Å². The highest BCUT2D eigenvalue weighted by molar-refractivity contribution is 5.78. The fraction of sp³-hybridized carbons (Fsp3) is 0.333. The van der Waals surface area contributed by atoms with Gasteiger partial charge in [-0.3, -0.25) is 9.13 Å². The Balaban J connectivity index is 0.000000183. The molecule has 0 spiro atoms. The quantitative estimate of drug-likeness (QED) is 0.645. The third-order valence-corrected chi connectivity index (χ3v) is 4.98. The van der Waals surface area contributed by atoms with Gasteiger partial charge in [-0.2, -0.15) is 13.2 Å². The zero-order chi connectivity index (χ0) is 23.4. The number of nitrogens with one attached hydrogen (secondary N) is 1. The summed E-state index contributed by atoms with van der Waals surface area (Å²) in [7, 11) is 0. The smallest absolute Gasteiger partial charge is 0.416 e. The van der Waals surface area contributed by atoms with Gasteiger partial charge in [-0.15, -0.1) is 0 Å². The maximum absolute atomic E-state index is 12.4. The van der Waals surface area contributed by atoms with Gasteiger partial charge in [0, 0.05) is 30.8 Å². The van der Waals surface area contributed by atoms with Crippen molar-refractivity contribution in [3.05, 3.63) is 67.3 Å². The van der Waals surface area contributed by atoms with Gasteiger partial charge in [0.1, 0.15) is 24.5 Å². The van der Waals surface area contributed by atoms with Gasteiger partial charge in [0.25, 0.3) is 0 Å². The molecule has 0 bridgehead atoms. The molecule has 33 heavy (non-hydrogen) atoms. The molecule has 3 heterocycles. The molecule has 1 aliphatic carbocycles. The van der Waals surface area contributed by atoms with Crippen LogP contribution in [0.5, 0.6) is 5.75 Å². The number of imidazole rings is 2. The number of benzene rings is 1. The molecule has 2 amide bonds. The van der Waals surface area contributed by atoms with Crippen LogP contribution in [-0.2, 0) is 6.18 Å². The van der Waals surface area contributed by atoms with Crippen LogP contribution >= 0.6 is 0 Å². The first-order valence-electron chi connectivity index (χ1n) is 10.2. The number of hydrogen-bond acceptors (Lipinski definition) is 5. The minimum absolute atomic E-state index is 0.0928. The summed E-state index contributed by atoms with van der Waals surface area (Å²) in [4.78, 5) is 32.2. The monoisotopic (exact) mass is 462 g/mol. The maximum Gasteiger partial charge on any atom is 0.416 e. The standard InChI is InChI=1S/C14H15F3N2O2.C7H6N4O/c15-14(16,17)9-1-5-11(6-2-9)21-12-7-19(8-12)13(20)18-10-3-4-10;12-7(10-3-1-8-5-10)11-4-2-9-6-11/h1-2,5-6,10,12H,3-4,7-8H2,(H,18,20);1-6H. The van der Waals surface area contributed by atoms with Crippen LogP contribution in [0.15, 0.2) is 61.7 Å². The second kappa shape index (κ2) is 9.35. The Morgan fingerprint density at radius 3 is 2.00 bits per heavy atom. The fourth-order valence-corrected chi connectivity index (χ4v) is 2.96. The van der Waals surface area contributed by atoms with Gasteiger partial charge >= 0.3 is 18.2 Å². The van der Waals surface area contributed by atoms with Gasteiger partial charge in [-0.1, -0.05) is 0 Å². The predicted octanol–water partition coefficient (Wildman–Crippen LogP) is 3.24. The van der Waals surface area contributed by atoms with Crippen LogP contribution < -0.4 is 10.1 Å². The molecule has 3 aromatic rings. The van der Waals surface area contributed by atoms with Crippen LogP contribution in [0.25, 0.3) is 0 Å². The average molecular weight is 462 g/mol. The summed E-state index contributed by atoms with van der Waals surface area (Å²) in [6.07, 6.45) is 6.73. The molecule has 12 heteroatoms. The first kappa shape index (κ1) is 22.4. The van der Waals surface area contributed by atoms with Crippen LogP contribution in [-0.4, -0.2) is 61.3 Å². The number of likely N-dealkylation sites (tertiary alicyclic amines) is 1. The molecule has 1 saturated carbocycles. The molecule has 0 atom stereocenters. The van der Waals surface area contributed by atoms with Crippen molar-refractivity contribution in [3.8, 4) is 5.75 Å². The van der Waals surface area contributed by atoms with Crippen molar-refractivity contribution in [2.75, 3.05) is 13.1 Å². The van der Waals surface area contributed by atoms with E-state index >= 15 is 0 Å². The number of alkyl halides is 3. The van der Waals surface area contributed by atoms with E-state index in [0.29, 0.717) is 24.9 Å². The number of aromatic nitrogens is 4. The molecule has 2 aromatic heterocycles. The number of carbonyl (C=O) groups excluding carboxylic acids is 2. The normalized spacial score (nSPS) is 15.8. The topological polar surface area (TPSA) is 94.3 Å². The van der Waals surface area contributed by atoms with Crippen LogP contribution in [0.2, 0.25) is 0 Å². The van der Waals surface area contributed by atoms with E-state index in [2.05, 4.69) is 15.3 Å². The van der Waals surface area contributed by atoms with Crippen molar-refractivity contribution >= 4 is 12.1 Å². The Morgan fingerprint density at radius 1 is 0.970 bits per heavy atom. The Kier molecular flexibility index (Phi) is 6.33. The Morgan fingerprint density at radius 2 is 1.55 bits per heavy atom. The van der Waals surface area contributed by atoms with E-state index in [4.69, 9.17) is 4.74 Å². The third kappa shape index (κ3) is 5.90. The summed E-state index contributed by atoms with van der Waals surface area (Å²) < 4.78 is 45.5. The molecule has 1 saturated heterocycles. The van der Waals surface area contributed by atoms with E-state index in [1.165, 1.54) is 33.9 Å². The molecule has 9 nitrogen and oxygen atoms in total. The van der Waals surface area contributed by atoms with Gasteiger partial charge in [-0.05, 0) is 37.1 Å². The second-order valence-corrected chi connectivity index (χ2v) is 7.61. The van der Waals surface area contributed by atoms with Gasteiger partial charge in [0.2, 0.25) is 0 Å². The summed E-state index contributed by atoms with van der Waals surface area (Å²) in [5, 5.41) is 2.87. The molecule has 1 N–H and O–H groups in total. The van der Waals surface area contributed by atoms with E-state index in [1.54, 1.807) is 29.7 Å². The molecular weight excluding hydrogens is 441 g/mol. The third-order valence-electron chi connectivity index (χ3n) is 4.98. The first-order chi connectivity index (χ1) is 15.8. The summed E-state index contributed by atoms with van der Waals surface area (Å²) in [6, 6.07) is 4.62. The number of amides is 2. The van der Waals surface area contributed by atoms with Crippen molar-refractivity contribution in [3.63, 3.8) is 0 Å². The number of ether oxygens (including phenoxy) is 1. The lowest BCUT2D eigenvalue weighted by molar-refractivity contribution is -0.137. The lowest BCUT2D eigenvalue weighted by Gasteiger charge is -2.38. The Labute approximate surface area is 186 Å². The van der Waals surface area contributed by atoms with Crippen LogP contribution in [0, 0.1) is 0 Å². The number of halogens is 3. The van der Waals surface area contributed by atoms with Gasteiger partial charge < -0.3 is 15.0 Å². The highest BCUT2D eigenvalue weighted by Crippen LogP contribution is 2.30. The fourth-order valence-electron chi connectivity index (χ4n) is 2.96. The lowest BCUT2D eigenvalue weighted by Crippen LogP contribution is -2.59. The molecule has 2 fully saturated rings. The summed E-state index contributed by atoms with van der Waals surface area (Å²) >= 11 is 0. The van der Waals surface area contributed by atoms with Crippen molar-refractivity contribution in [2.45, 2.75) is 31.2 Å². The number of nitrogens with zero attached hydrogens (tertiary/aromatic N) is 5. The summed E-state index contributed by atoms with van der Waals surface area (Å²) in [5.41, 5.74) is -0.700. The highest BCUT2D eigenvalue weighted by Gasteiger charge is 2.35. The molecule has 0 radical (unpaired) electrons. The molecule has 0 unspecified atom stereocenters. The molecule has 174 valence electrons. The zero-order valence-electron chi connectivity index (χ0n) is 17.4. The van der Waals surface area contributed by atoms with E-state index in [-0.39, 0.29) is 18.2 Å². The summed E-state index contributed by atoms with van der Waals surface area (Å²) in [5.74, 6) is 0.384. The van der Waals surface area contributed by atoms with Crippen LogP contribution in [0.3, 0.4) is 0 Å². The molecule has 1 aromatic carbocycles. The molecule has 1 aliphatic heterocycles. The lowest BCUT2D eigenvalue weighted by atomic mass is 10.1. The van der Waals surface area contributed by atoms with Gasteiger partial charge in [0.15, 0.2) is 0 Å². The molecule has 5 rings (SSSR count). The van der Waals surface area contributed by atoms with Gasteiger partial charge in [-0.25, -0.2) is 19.6 Å². The highest BCUT2D eigenvalue weighted by atomic mass is 19.4. The largest absolute Gasteiger partial charge is 0.487 e. The Hall–Kier alpha value is -3.83. The SMILES string of the molecule is O=C(NC1CC1)N1CC(Oc2ccc(C(F)(F)F)cc2)C1.O=C(n1ccnc1)n1ccnc1. The minimum Gasteiger partial charge on any atom is -0.487 e. The zero-order valence-corrected chi connectivity index (χ0v) is 17.4. The number of carbonyl (C=O) groups is 2. The minimum atomic E-state index is -4.34. The van der Waals surface area contributed by atoms with Crippen molar-refractivity contribution in [2.24, 2.45) is 0 Å². The number of urea groups is 1. The predicted molar refractivity (Wildman–Crippen MR) is 110 cm³/mol. The van der Waals surface area contributed by atoms with E-state index in [0.717, 1.165) is 25.0 Å². The van der Waals surface area contributed by atoms with Crippen LogP contribution in [0.1, 0.15) is 18.4 Å². The maximum atomic E-state index is 12.4. The second-order valence-electron chi connectivity index (χ2n) is 7.61. The number of rotatable bonds is 3. The van der Waals surface area contributed by atoms with Crippen molar-refractivity contribution < 1.29 is 27.5 Å². The molecule has 2 aliphatic rings. The van der Waals surface area contributed by atoms with Gasteiger partial charge in [0.05, 0.1) is 18.7 Å². The van der Waals surface area contributed by atoms with E-state index in [1.807, 2.05) is 0 Å². The van der Waals surface area contributed by atoms with E-state index < -0.39 is 11.7 Å². The molecular formula is C21H21F3N6O3. The average Bonchev–Trinajstić information content (AvgIpc) is 3.22. The van der Waals surface area contributed by atoms with E-state index in [9.17, 15) is 22.8 Å². The van der Waals surface area contributed by atoms with Crippen LogP contribution in [0.4, 0.5) is 22.8 Å². The van der Waals surface area contributed by atoms with Crippen molar-refractivity contribution in [1.29, 1.82) is 0 Å². The Bertz CT molecular complexity index is 1020. The number of hydrogen-bond donors (Lipinski definition) is 1. The first-order valence-corrected chi connectivity index (χ1v) is 10.2. The summed E-state index contributed by atoms with van der Waals surface area (Å²) in [6.45, 7) is 0.916.